The predicted molar refractivity (Wildman–Crippen MR) is 50.6 cm³/mol. The third-order valence-electron chi connectivity index (χ3n) is 3.38. The standard InChI is InChI=1S/C10H19NO2/c1-13-10-4-2-3-9(10)11-6-5-8(12)7-11/h8-10,12H,2-7H2,1H3/t8-,9?,10?/m0/s1. The van der Waals surface area contributed by atoms with Gasteiger partial charge in [-0.1, -0.05) is 0 Å². The molecule has 0 bridgehead atoms. The van der Waals surface area contributed by atoms with Crippen molar-refractivity contribution in [2.45, 2.75) is 43.9 Å². The van der Waals surface area contributed by atoms with Crippen LogP contribution in [0.15, 0.2) is 0 Å². The minimum absolute atomic E-state index is 0.0990. The van der Waals surface area contributed by atoms with Gasteiger partial charge in [0.25, 0.3) is 0 Å². The molecule has 0 aromatic carbocycles. The van der Waals surface area contributed by atoms with Gasteiger partial charge in [0, 0.05) is 26.2 Å². The third kappa shape index (κ3) is 1.87. The monoisotopic (exact) mass is 185 g/mol. The Hall–Kier alpha value is -0.120. The van der Waals surface area contributed by atoms with Gasteiger partial charge in [-0.15, -0.1) is 0 Å². The zero-order chi connectivity index (χ0) is 9.26. The fourth-order valence-electron chi connectivity index (χ4n) is 2.67. The summed E-state index contributed by atoms with van der Waals surface area (Å²) in [5, 5.41) is 9.44. The number of nitrogens with zero attached hydrogens (tertiary/aromatic N) is 1. The first-order valence-corrected chi connectivity index (χ1v) is 5.26. The molecule has 0 spiro atoms. The predicted octanol–water partition coefficient (Wildman–Crippen LogP) is 0.620. The second kappa shape index (κ2) is 3.95. The molecule has 3 heteroatoms. The van der Waals surface area contributed by atoms with E-state index in [1.807, 2.05) is 0 Å². The number of rotatable bonds is 2. The molecule has 2 rings (SSSR count). The Bertz CT molecular complexity index is 174. The van der Waals surface area contributed by atoms with Crippen molar-refractivity contribution in [2.75, 3.05) is 20.2 Å². The van der Waals surface area contributed by atoms with Crippen LogP contribution in [0.25, 0.3) is 0 Å². The highest BCUT2D eigenvalue weighted by Crippen LogP contribution is 2.28. The Morgan fingerprint density at radius 1 is 1.31 bits per heavy atom. The zero-order valence-electron chi connectivity index (χ0n) is 8.28. The molecule has 76 valence electrons. The number of aliphatic hydroxyl groups is 1. The van der Waals surface area contributed by atoms with Crippen molar-refractivity contribution in [3.8, 4) is 0 Å². The van der Waals surface area contributed by atoms with Crippen molar-refractivity contribution in [1.82, 2.24) is 4.90 Å². The quantitative estimate of drug-likeness (QED) is 0.684. The minimum Gasteiger partial charge on any atom is -0.392 e. The molecule has 2 aliphatic rings. The molecule has 0 radical (unpaired) electrons. The molecular formula is C10H19NO2. The highest BCUT2D eigenvalue weighted by atomic mass is 16.5. The van der Waals surface area contributed by atoms with Gasteiger partial charge < -0.3 is 9.84 Å². The molecule has 13 heavy (non-hydrogen) atoms. The fourth-order valence-corrected chi connectivity index (χ4v) is 2.67. The summed E-state index contributed by atoms with van der Waals surface area (Å²) in [7, 11) is 1.80. The van der Waals surface area contributed by atoms with Crippen LogP contribution >= 0.6 is 0 Å². The van der Waals surface area contributed by atoms with E-state index < -0.39 is 0 Å². The minimum atomic E-state index is -0.0990. The lowest BCUT2D eigenvalue weighted by Crippen LogP contribution is -2.40. The Morgan fingerprint density at radius 3 is 2.77 bits per heavy atom. The molecule has 2 unspecified atom stereocenters. The van der Waals surface area contributed by atoms with Gasteiger partial charge >= 0.3 is 0 Å². The van der Waals surface area contributed by atoms with Crippen LogP contribution in [0.4, 0.5) is 0 Å². The summed E-state index contributed by atoms with van der Waals surface area (Å²) < 4.78 is 5.45. The Morgan fingerprint density at radius 2 is 2.15 bits per heavy atom. The smallest absolute Gasteiger partial charge is 0.0726 e. The van der Waals surface area contributed by atoms with E-state index in [4.69, 9.17) is 4.74 Å². The Balaban J connectivity index is 1.92. The van der Waals surface area contributed by atoms with Crippen LogP contribution in [0.2, 0.25) is 0 Å². The second-order valence-electron chi connectivity index (χ2n) is 4.21. The third-order valence-corrected chi connectivity index (χ3v) is 3.38. The summed E-state index contributed by atoms with van der Waals surface area (Å²) in [6.45, 7) is 1.90. The van der Waals surface area contributed by atoms with Gasteiger partial charge in [0.2, 0.25) is 0 Å². The van der Waals surface area contributed by atoms with Crippen molar-refractivity contribution in [1.29, 1.82) is 0 Å². The SMILES string of the molecule is COC1CCCC1N1CC[C@H](O)C1. The maximum Gasteiger partial charge on any atom is 0.0726 e. The Kier molecular flexibility index (Phi) is 2.86. The van der Waals surface area contributed by atoms with Crippen LogP contribution in [-0.4, -0.2) is 48.5 Å². The average Bonchev–Trinajstić information content (AvgIpc) is 2.71. The van der Waals surface area contributed by atoms with Crippen LogP contribution in [0.3, 0.4) is 0 Å². The van der Waals surface area contributed by atoms with Crippen LogP contribution in [0.5, 0.6) is 0 Å². The van der Waals surface area contributed by atoms with E-state index in [0.29, 0.717) is 12.1 Å². The van der Waals surface area contributed by atoms with Gasteiger partial charge in [-0.3, -0.25) is 4.90 Å². The molecule has 0 amide bonds. The van der Waals surface area contributed by atoms with E-state index in [1.54, 1.807) is 7.11 Å². The van der Waals surface area contributed by atoms with Crippen LogP contribution in [0, 0.1) is 0 Å². The lowest BCUT2D eigenvalue weighted by Gasteiger charge is -2.28. The highest BCUT2D eigenvalue weighted by Gasteiger charge is 2.35. The van der Waals surface area contributed by atoms with Crippen molar-refractivity contribution < 1.29 is 9.84 Å². The molecule has 3 nitrogen and oxygen atoms in total. The summed E-state index contributed by atoms with van der Waals surface area (Å²) in [6.07, 6.45) is 4.95. The number of hydrogen-bond acceptors (Lipinski definition) is 3. The van der Waals surface area contributed by atoms with Crippen LogP contribution in [0.1, 0.15) is 25.7 Å². The molecule has 1 N–H and O–H groups in total. The largest absolute Gasteiger partial charge is 0.392 e. The molecular weight excluding hydrogens is 166 g/mol. The second-order valence-corrected chi connectivity index (χ2v) is 4.21. The molecule has 1 aliphatic heterocycles. The van der Waals surface area contributed by atoms with E-state index in [2.05, 4.69) is 4.90 Å². The highest BCUT2D eigenvalue weighted by molar-refractivity contribution is 4.90. The van der Waals surface area contributed by atoms with Gasteiger partial charge in [0.15, 0.2) is 0 Å². The lowest BCUT2D eigenvalue weighted by molar-refractivity contribution is 0.0371. The first-order chi connectivity index (χ1) is 6.31. The van der Waals surface area contributed by atoms with Crippen LogP contribution in [-0.2, 0) is 4.74 Å². The number of likely N-dealkylation sites (tertiary alicyclic amines) is 1. The Labute approximate surface area is 79.7 Å². The van der Waals surface area contributed by atoms with Gasteiger partial charge in [0.1, 0.15) is 0 Å². The number of ether oxygens (including phenoxy) is 1. The first kappa shape index (κ1) is 9.44. The molecule has 2 fully saturated rings. The van der Waals surface area contributed by atoms with E-state index in [1.165, 1.54) is 19.3 Å². The van der Waals surface area contributed by atoms with Gasteiger partial charge in [-0.25, -0.2) is 0 Å². The summed E-state index contributed by atoms with van der Waals surface area (Å²) in [6, 6.07) is 0.571. The van der Waals surface area contributed by atoms with Crippen molar-refractivity contribution in [3.05, 3.63) is 0 Å². The fraction of sp³-hybridized carbons (Fsp3) is 1.00. The van der Waals surface area contributed by atoms with E-state index >= 15 is 0 Å². The van der Waals surface area contributed by atoms with Gasteiger partial charge in [-0.05, 0) is 25.7 Å². The zero-order valence-corrected chi connectivity index (χ0v) is 8.28. The first-order valence-electron chi connectivity index (χ1n) is 5.26. The van der Waals surface area contributed by atoms with Crippen molar-refractivity contribution in [3.63, 3.8) is 0 Å². The molecule has 1 saturated heterocycles. The summed E-state index contributed by atoms with van der Waals surface area (Å²) in [4.78, 5) is 2.39. The molecule has 1 saturated carbocycles. The number of methoxy groups -OCH3 is 1. The average molecular weight is 185 g/mol. The van der Waals surface area contributed by atoms with E-state index in [0.717, 1.165) is 19.5 Å². The van der Waals surface area contributed by atoms with E-state index in [9.17, 15) is 5.11 Å². The maximum atomic E-state index is 9.44. The number of aliphatic hydroxyl groups excluding tert-OH is 1. The topological polar surface area (TPSA) is 32.7 Å². The molecule has 0 aromatic heterocycles. The van der Waals surface area contributed by atoms with Gasteiger partial charge in [-0.2, -0.15) is 0 Å². The van der Waals surface area contributed by atoms with Crippen LogP contribution < -0.4 is 0 Å². The molecule has 0 aromatic rings. The lowest BCUT2D eigenvalue weighted by atomic mass is 10.2. The summed E-state index contributed by atoms with van der Waals surface area (Å²) in [5.74, 6) is 0. The molecule has 1 heterocycles. The summed E-state index contributed by atoms with van der Waals surface area (Å²) >= 11 is 0. The molecule has 1 aliphatic carbocycles. The normalized spacial score (nSPS) is 41.5. The molecule has 3 atom stereocenters. The summed E-state index contributed by atoms with van der Waals surface area (Å²) in [5.41, 5.74) is 0. The van der Waals surface area contributed by atoms with Crippen molar-refractivity contribution >= 4 is 0 Å². The number of β-amino-alcohol motifs (C(OH)–C–C–N with tert-alkyl or cyclic N) is 1. The maximum absolute atomic E-state index is 9.44. The van der Waals surface area contributed by atoms with E-state index in [-0.39, 0.29) is 6.10 Å². The number of hydrogen-bond donors (Lipinski definition) is 1. The van der Waals surface area contributed by atoms with Gasteiger partial charge in [0.05, 0.1) is 12.2 Å². The van der Waals surface area contributed by atoms with Crippen molar-refractivity contribution in [2.24, 2.45) is 0 Å².